The standard InChI is InChI=1S/C17H14ClN3O3/c1-10-5-11(9-20-8-10)16(22)13(7-19)17(23)21-12-3-4-15(24-2)14(18)6-12/h3-6,8-9,13H,1-2H3,(H,21,23). The minimum absolute atomic E-state index is 0.212. The van der Waals surface area contributed by atoms with Gasteiger partial charge in [-0.2, -0.15) is 5.26 Å². The van der Waals surface area contributed by atoms with Crippen molar-refractivity contribution in [2.24, 2.45) is 5.92 Å². The van der Waals surface area contributed by atoms with Gasteiger partial charge < -0.3 is 10.1 Å². The number of carbonyl (C=O) groups excluding carboxylic acids is 2. The summed E-state index contributed by atoms with van der Waals surface area (Å²) in [5.41, 5.74) is 1.34. The first-order chi connectivity index (χ1) is 11.5. The van der Waals surface area contributed by atoms with E-state index in [0.717, 1.165) is 5.56 Å². The monoisotopic (exact) mass is 343 g/mol. The summed E-state index contributed by atoms with van der Waals surface area (Å²) in [5.74, 6) is -2.36. The van der Waals surface area contributed by atoms with E-state index in [2.05, 4.69) is 10.3 Å². The van der Waals surface area contributed by atoms with E-state index in [4.69, 9.17) is 16.3 Å². The summed E-state index contributed by atoms with van der Waals surface area (Å²) in [7, 11) is 1.47. The number of hydrogen-bond acceptors (Lipinski definition) is 5. The molecule has 1 aromatic carbocycles. The van der Waals surface area contributed by atoms with Gasteiger partial charge >= 0.3 is 0 Å². The molecule has 0 radical (unpaired) electrons. The molecule has 122 valence electrons. The maximum absolute atomic E-state index is 12.4. The predicted octanol–water partition coefficient (Wildman–Crippen LogP) is 3.01. The first kappa shape index (κ1) is 17.4. The topological polar surface area (TPSA) is 92.1 Å². The summed E-state index contributed by atoms with van der Waals surface area (Å²) in [6.07, 6.45) is 2.91. The van der Waals surface area contributed by atoms with Crippen LogP contribution >= 0.6 is 11.6 Å². The van der Waals surface area contributed by atoms with Crippen molar-refractivity contribution in [3.63, 3.8) is 0 Å². The molecule has 0 bridgehead atoms. The van der Waals surface area contributed by atoms with Crippen LogP contribution in [0.2, 0.25) is 5.02 Å². The number of halogens is 1. The number of Topliss-reactive ketones (excluding diaryl/α,β-unsaturated/α-hetero) is 1. The summed E-state index contributed by atoms with van der Waals surface area (Å²) < 4.78 is 5.02. The van der Waals surface area contributed by atoms with Crippen LogP contribution in [-0.2, 0) is 4.79 Å². The summed E-state index contributed by atoms with van der Waals surface area (Å²) >= 11 is 5.99. The molecule has 1 aromatic heterocycles. The molecule has 1 atom stereocenters. The number of aromatic nitrogens is 1. The van der Waals surface area contributed by atoms with Gasteiger partial charge in [-0.15, -0.1) is 0 Å². The highest BCUT2D eigenvalue weighted by atomic mass is 35.5. The Kier molecular flexibility index (Phi) is 5.51. The number of pyridine rings is 1. The van der Waals surface area contributed by atoms with Crippen LogP contribution < -0.4 is 10.1 Å². The summed E-state index contributed by atoms with van der Waals surface area (Å²) in [6.45, 7) is 1.77. The molecule has 0 aliphatic carbocycles. The fourth-order valence-corrected chi connectivity index (χ4v) is 2.31. The summed E-state index contributed by atoms with van der Waals surface area (Å²) in [6, 6.07) is 7.93. The fourth-order valence-electron chi connectivity index (χ4n) is 2.05. The van der Waals surface area contributed by atoms with Crippen LogP contribution in [0.25, 0.3) is 0 Å². The van der Waals surface area contributed by atoms with Gasteiger partial charge in [-0.25, -0.2) is 0 Å². The third-order valence-corrected chi connectivity index (χ3v) is 3.53. The Morgan fingerprint density at radius 2 is 2.08 bits per heavy atom. The number of benzene rings is 1. The van der Waals surface area contributed by atoms with Crippen molar-refractivity contribution in [2.45, 2.75) is 6.92 Å². The summed E-state index contributed by atoms with van der Waals surface area (Å²) in [4.78, 5) is 28.5. The van der Waals surface area contributed by atoms with Crippen molar-refractivity contribution >= 4 is 29.0 Å². The molecular formula is C17H14ClN3O3. The largest absolute Gasteiger partial charge is 0.495 e. The number of hydrogen-bond donors (Lipinski definition) is 1. The molecular weight excluding hydrogens is 330 g/mol. The molecule has 2 aromatic rings. The summed E-state index contributed by atoms with van der Waals surface area (Å²) in [5, 5.41) is 12.0. The highest BCUT2D eigenvalue weighted by Crippen LogP contribution is 2.27. The number of nitrogens with one attached hydrogen (secondary N) is 1. The Hall–Kier alpha value is -2.91. The highest BCUT2D eigenvalue weighted by molar-refractivity contribution is 6.32. The van der Waals surface area contributed by atoms with E-state index in [1.807, 2.05) is 0 Å². The maximum atomic E-state index is 12.4. The van der Waals surface area contributed by atoms with Crippen LogP contribution in [-0.4, -0.2) is 23.8 Å². The predicted molar refractivity (Wildman–Crippen MR) is 89.0 cm³/mol. The van der Waals surface area contributed by atoms with Gasteiger partial charge in [0.1, 0.15) is 5.75 Å². The Labute approximate surface area is 144 Å². The van der Waals surface area contributed by atoms with E-state index in [9.17, 15) is 14.9 Å². The molecule has 7 heteroatoms. The molecule has 0 aliphatic heterocycles. The van der Waals surface area contributed by atoms with Crippen LogP contribution in [0.5, 0.6) is 5.75 Å². The smallest absolute Gasteiger partial charge is 0.249 e. The first-order valence-corrected chi connectivity index (χ1v) is 7.34. The lowest BCUT2D eigenvalue weighted by Gasteiger charge is -2.11. The molecule has 1 unspecified atom stereocenters. The van der Waals surface area contributed by atoms with E-state index in [1.165, 1.54) is 19.4 Å². The number of carbonyl (C=O) groups is 2. The number of aryl methyl sites for hydroxylation is 1. The lowest BCUT2D eigenvalue weighted by Crippen LogP contribution is -2.28. The molecule has 0 fully saturated rings. The molecule has 0 spiro atoms. The number of nitriles is 1. The van der Waals surface area contributed by atoms with Crippen molar-refractivity contribution in [1.29, 1.82) is 5.26 Å². The number of amides is 1. The maximum Gasteiger partial charge on any atom is 0.249 e. The van der Waals surface area contributed by atoms with Crippen molar-refractivity contribution in [3.8, 4) is 11.8 Å². The Bertz CT molecular complexity index is 830. The van der Waals surface area contributed by atoms with Crippen molar-refractivity contribution in [3.05, 3.63) is 52.8 Å². The zero-order chi connectivity index (χ0) is 17.7. The minimum atomic E-state index is -1.48. The number of rotatable bonds is 5. The molecule has 0 saturated heterocycles. The molecule has 1 heterocycles. The first-order valence-electron chi connectivity index (χ1n) is 6.96. The van der Waals surface area contributed by atoms with Crippen molar-refractivity contribution in [2.75, 3.05) is 12.4 Å². The molecule has 0 saturated carbocycles. The second-order valence-corrected chi connectivity index (χ2v) is 5.42. The van der Waals surface area contributed by atoms with Crippen molar-refractivity contribution in [1.82, 2.24) is 4.98 Å². The van der Waals surface area contributed by atoms with Gasteiger partial charge in [-0.05, 0) is 36.8 Å². The number of nitrogens with zero attached hydrogens (tertiary/aromatic N) is 2. The highest BCUT2D eigenvalue weighted by Gasteiger charge is 2.28. The van der Waals surface area contributed by atoms with Crippen LogP contribution in [0.3, 0.4) is 0 Å². The quantitative estimate of drug-likeness (QED) is 0.665. The zero-order valence-electron chi connectivity index (χ0n) is 13.0. The van der Waals surface area contributed by atoms with Crippen molar-refractivity contribution < 1.29 is 14.3 Å². The van der Waals surface area contributed by atoms with Crippen LogP contribution in [0.1, 0.15) is 15.9 Å². The van der Waals surface area contributed by atoms with E-state index in [1.54, 1.807) is 37.4 Å². The van der Waals surface area contributed by atoms with E-state index < -0.39 is 17.6 Å². The number of methoxy groups -OCH3 is 1. The zero-order valence-corrected chi connectivity index (χ0v) is 13.8. The normalized spacial score (nSPS) is 11.2. The van der Waals surface area contributed by atoms with Gasteiger partial charge in [0.25, 0.3) is 0 Å². The number of anilines is 1. The Morgan fingerprint density at radius 1 is 1.33 bits per heavy atom. The lowest BCUT2D eigenvalue weighted by atomic mass is 9.98. The average molecular weight is 344 g/mol. The number of ketones is 1. The third kappa shape index (κ3) is 3.89. The molecule has 1 amide bonds. The van der Waals surface area contributed by atoms with Gasteiger partial charge in [-0.3, -0.25) is 14.6 Å². The molecule has 6 nitrogen and oxygen atoms in total. The molecule has 2 rings (SSSR count). The average Bonchev–Trinajstić information content (AvgIpc) is 2.55. The Morgan fingerprint density at radius 3 is 2.67 bits per heavy atom. The third-order valence-electron chi connectivity index (χ3n) is 3.23. The van der Waals surface area contributed by atoms with Gasteiger partial charge in [0.05, 0.1) is 18.2 Å². The van der Waals surface area contributed by atoms with Crippen LogP contribution in [0.4, 0.5) is 5.69 Å². The molecule has 24 heavy (non-hydrogen) atoms. The van der Waals surface area contributed by atoms with E-state index in [0.29, 0.717) is 16.5 Å². The Balaban J connectivity index is 2.19. The van der Waals surface area contributed by atoms with Gasteiger partial charge in [-0.1, -0.05) is 11.6 Å². The SMILES string of the molecule is COc1ccc(NC(=O)C(C#N)C(=O)c2cncc(C)c2)cc1Cl. The van der Waals surface area contributed by atoms with Gasteiger partial charge in [0.15, 0.2) is 11.7 Å². The van der Waals surface area contributed by atoms with Crippen LogP contribution in [0.15, 0.2) is 36.7 Å². The van der Waals surface area contributed by atoms with Gasteiger partial charge in [0, 0.05) is 23.6 Å². The molecule has 0 aliphatic rings. The minimum Gasteiger partial charge on any atom is -0.495 e. The van der Waals surface area contributed by atoms with Gasteiger partial charge in [0.2, 0.25) is 5.91 Å². The second kappa shape index (κ2) is 7.57. The van der Waals surface area contributed by atoms with Crippen LogP contribution in [0, 0.1) is 24.2 Å². The second-order valence-electron chi connectivity index (χ2n) is 5.02. The number of ether oxygens (including phenoxy) is 1. The fraction of sp³-hybridized carbons (Fsp3) is 0.176. The van der Waals surface area contributed by atoms with E-state index >= 15 is 0 Å². The molecule has 1 N–H and O–H groups in total. The van der Waals surface area contributed by atoms with E-state index in [-0.39, 0.29) is 5.56 Å². The lowest BCUT2D eigenvalue weighted by molar-refractivity contribution is -0.117.